The lowest BCUT2D eigenvalue weighted by molar-refractivity contribution is 0.187. The topological polar surface area (TPSA) is 45.6 Å². The third-order valence-corrected chi connectivity index (χ3v) is 3.43. The van der Waals surface area contributed by atoms with Gasteiger partial charge in [-0.1, -0.05) is 6.92 Å². The van der Waals surface area contributed by atoms with Crippen molar-refractivity contribution in [2.24, 2.45) is 0 Å². The molecule has 1 fully saturated rings. The van der Waals surface area contributed by atoms with Crippen LogP contribution in [0.1, 0.15) is 18.9 Å². The van der Waals surface area contributed by atoms with Crippen molar-refractivity contribution in [1.82, 2.24) is 4.98 Å². The molecule has 4 nitrogen and oxygen atoms in total. The molecule has 0 radical (unpaired) electrons. The summed E-state index contributed by atoms with van der Waals surface area (Å²) in [5, 5.41) is 9.69. The molecule has 0 aromatic carbocycles. The van der Waals surface area contributed by atoms with Crippen molar-refractivity contribution in [2.45, 2.75) is 31.9 Å². The molecule has 2 unspecified atom stereocenters. The number of anilines is 1. The Morgan fingerprint density at radius 3 is 3.31 bits per heavy atom. The first kappa shape index (κ1) is 9.90. The predicted molar refractivity (Wildman–Crippen MR) is 60.9 cm³/mol. The van der Waals surface area contributed by atoms with Crippen LogP contribution in [-0.2, 0) is 6.42 Å². The Kier molecular flexibility index (Phi) is 2.24. The second-order valence-electron chi connectivity index (χ2n) is 4.48. The zero-order chi connectivity index (χ0) is 11.1. The van der Waals surface area contributed by atoms with Gasteiger partial charge in [-0.3, -0.25) is 0 Å². The van der Waals surface area contributed by atoms with E-state index in [1.54, 1.807) is 0 Å². The molecule has 3 heterocycles. The molecule has 1 aromatic rings. The number of aromatic nitrogens is 1. The number of nitrogens with zero attached hydrogens (tertiary/aromatic N) is 2. The lowest BCUT2D eigenvalue weighted by Gasteiger charge is -2.32. The normalized spacial score (nSPS) is 27.2. The molecule has 16 heavy (non-hydrogen) atoms. The second kappa shape index (κ2) is 3.63. The highest BCUT2D eigenvalue weighted by Crippen LogP contribution is 2.38. The number of aliphatic hydroxyl groups excluding tert-OH is 1. The van der Waals surface area contributed by atoms with Gasteiger partial charge >= 0.3 is 0 Å². The first-order valence-electron chi connectivity index (χ1n) is 5.85. The quantitative estimate of drug-likeness (QED) is 0.766. The largest absolute Gasteiger partial charge is 0.487 e. The fraction of sp³-hybridized carbons (Fsp3) is 0.583. The van der Waals surface area contributed by atoms with Crippen LogP contribution in [0.4, 0.5) is 5.82 Å². The van der Waals surface area contributed by atoms with Crippen LogP contribution in [0.2, 0.25) is 0 Å². The van der Waals surface area contributed by atoms with Crippen LogP contribution in [0, 0.1) is 0 Å². The molecule has 1 N–H and O–H groups in total. The summed E-state index contributed by atoms with van der Waals surface area (Å²) < 4.78 is 5.79. The summed E-state index contributed by atoms with van der Waals surface area (Å²) >= 11 is 0. The minimum Gasteiger partial charge on any atom is -0.487 e. The van der Waals surface area contributed by atoms with Crippen LogP contribution in [0.5, 0.6) is 5.75 Å². The van der Waals surface area contributed by atoms with Gasteiger partial charge in [0.25, 0.3) is 0 Å². The highest BCUT2D eigenvalue weighted by atomic mass is 16.5. The molecule has 2 atom stereocenters. The minimum absolute atomic E-state index is 0.244. The van der Waals surface area contributed by atoms with E-state index < -0.39 is 0 Å². The Hall–Kier alpha value is -1.29. The van der Waals surface area contributed by atoms with Crippen LogP contribution >= 0.6 is 0 Å². The Balaban J connectivity index is 2.03. The number of pyridine rings is 1. The van der Waals surface area contributed by atoms with E-state index in [2.05, 4.69) is 16.8 Å². The van der Waals surface area contributed by atoms with E-state index in [-0.39, 0.29) is 6.10 Å². The number of ether oxygens (including phenoxy) is 1. The maximum absolute atomic E-state index is 9.69. The second-order valence-corrected chi connectivity index (χ2v) is 4.48. The summed E-state index contributed by atoms with van der Waals surface area (Å²) in [6, 6.07) is 2.30. The molecule has 0 amide bonds. The van der Waals surface area contributed by atoms with Gasteiger partial charge in [0.15, 0.2) is 11.6 Å². The van der Waals surface area contributed by atoms with Crippen LogP contribution in [0.15, 0.2) is 12.3 Å². The van der Waals surface area contributed by atoms with E-state index >= 15 is 0 Å². The van der Waals surface area contributed by atoms with Gasteiger partial charge in [-0.05, 0) is 24.5 Å². The number of hydrogen-bond acceptors (Lipinski definition) is 4. The first-order valence-corrected chi connectivity index (χ1v) is 5.85. The average Bonchev–Trinajstić information content (AvgIpc) is 2.69. The molecule has 1 aromatic heterocycles. The number of aryl methyl sites for hydroxylation is 1. The fourth-order valence-corrected chi connectivity index (χ4v) is 2.60. The summed E-state index contributed by atoms with van der Waals surface area (Å²) in [6.07, 6.45) is 3.32. The zero-order valence-electron chi connectivity index (χ0n) is 9.39. The third-order valence-electron chi connectivity index (χ3n) is 3.43. The van der Waals surface area contributed by atoms with Gasteiger partial charge in [0.2, 0.25) is 0 Å². The molecule has 0 bridgehead atoms. The number of rotatable bonds is 1. The van der Waals surface area contributed by atoms with E-state index in [0.29, 0.717) is 19.2 Å². The van der Waals surface area contributed by atoms with Crippen molar-refractivity contribution in [3.63, 3.8) is 0 Å². The molecule has 1 saturated heterocycles. The maximum Gasteiger partial charge on any atom is 0.172 e. The number of hydrogen-bond donors (Lipinski definition) is 1. The van der Waals surface area contributed by atoms with E-state index in [9.17, 15) is 5.11 Å². The summed E-state index contributed by atoms with van der Waals surface area (Å²) in [4.78, 5) is 6.58. The summed E-state index contributed by atoms with van der Waals surface area (Å²) in [6.45, 7) is 3.47. The molecule has 3 rings (SSSR count). The van der Waals surface area contributed by atoms with E-state index in [0.717, 1.165) is 24.4 Å². The van der Waals surface area contributed by atoms with Gasteiger partial charge in [-0.15, -0.1) is 0 Å². The number of aliphatic hydroxyl groups is 1. The molecule has 2 aliphatic rings. The average molecular weight is 220 g/mol. The minimum atomic E-state index is -0.244. The Bertz CT molecular complexity index is 408. The lowest BCUT2D eigenvalue weighted by Crippen LogP contribution is -2.39. The van der Waals surface area contributed by atoms with Crippen molar-refractivity contribution in [3.8, 4) is 5.75 Å². The Labute approximate surface area is 94.9 Å². The van der Waals surface area contributed by atoms with Gasteiger partial charge in [0, 0.05) is 12.7 Å². The Morgan fingerprint density at radius 2 is 2.50 bits per heavy atom. The zero-order valence-corrected chi connectivity index (χ0v) is 9.39. The van der Waals surface area contributed by atoms with Crippen LogP contribution in [0.25, 0.3) is 0 Å². The predicted octanol–water partition coefficient (Wildman–Crippen LogP) is 0.976. The molecule has 0 spiro atoms. The summed E-state index contributed by atoms with van der Waals surface area (Å²) in [5.41, 5.74) is 1.20. The van der Waals surface area contributed by atoms with E-state index in [4.69, 9.17) is 4.74 Å². The smallest absolute Gasteiger partial charge is 0.172 e. The molecule has 4 heteroatoms. The van der Waals surface area contributed by atoms with Crippen LogP contribution in [0.3, 0.4) is 0 Å². The van der Waals surface area contributed by atoms with Gasteiger partial charge in [0.1, 0.15) is 6.61 Å². The van der Waals surface area contributed by atoms with Crippen LogP contribution < -0.4 is 9.64 Å². The molecule has 0 aliphatic carbocycles. The first-order chi connectivity index (χ1) is 7.79. The molecular weight excluding hydrogens is 204 g/mol. The highest BCUT2D eigenvalue weighted by Gasteiger charge is 2.37. The van der Waals surface area contributed by atoms with E-state index in [1.165, 1.54) is 5.56 Å². The maximum atomic E-state index is 9.69. The molecule has 0 saturated carbocycles. The van der Waals surface area contributed by atoms with Gasteiger partial charge < -0.3 is 14.7 Å². The molecule has 86 valence electrons. The van der Waals surface area contributed by atoms with Crippen molar-refractivity contribution in [1.29, 1.82) is 0 Å². The fourth-order valence-electron chi connectivity index (χ4n) is 2.60. The molecular formula is C12H16N2O2. The lowest BCUT2D eigenvalue weighted by atomic mass is 10.1. The van der Waals surface area contributed by atoms with Gasteiger partial charge in [-0.2, -0.15) is 0 Å². The monoisotopic (exact) mass is 220 g/mol. The van der Waals surface area contributed by atoms with Crippen LogP contribution in [-0.4, -0.2) is 35.4 Å². The standard InChI is InChI=1S/C12H16N2O2/c1-2-8-3-4-13-12-11(8)16-7-9-5-10(15)6-14(9)12/h3-4,9-10,15H,2,5-7H2,1H3. The summed E-state index contributed by atoms with van der Waals surface area (Å²) in [7, 11) is 0. The SMILES string of the molecule is CCc1ccnc2c1OCC1CC(O)CN21. The Morgan fingerprint density at radius 1 is 1.62 bits per heavy atom. The van der Waals surface area contributed by atoms with E-state index in [1.807, 2.05) is 12.3 Å². The highest BCUT2D eigenvalue weighted by molar-refractivity contribution is 5.59. The van der Waals surface area contributed by atoms with Crippen molar-refractivity contribution < 1.29 is 9.84 Å². The van der Waals surface area contributed by atoms with Crippen molar-refractivity contribution in [3.05, 3.63) is 17.8 Å². The van der Waals surface area contributed by atoms with Gasteiger partial charge in [0.05, 0.1) is 12.1 Å². The van der Waals surface area contributed by atoms with Gasteiger partial charge in [-0.25, -0.2) is 4.98 Å². The molecule has 2 aliphatic heterocycles. The summed E-state index contributed by atoms with van der Waals surface area (Å²) in [5.74, 6) is 1.82. The third kappa shape index (κ3) is 1.37. The van der Waals surface area contributed by atoms with Crippen molar-refractivity contribution in [2.75, 3.05) is 18.1 Å². The van der Waals surface area contributed by atoms with Crippen molar-refractivity contribution >= 4 is 5.82 Å². The number of fused-ring (bicyclic) bond motifs is 3.